The minimum absolute atomic E-state index is 0.0492. The Hall–Kier alpha value is -2.99. The van der Waals surface area contributed by atoms with Crippen LogP contribution in [0.2, 0.25) is 5.02 Å². The minimum atomic E-state index is -0.154. The number of nitrogens with zero attached hydrogens (tertiary/aromatic N) is 2. The molecule has 3 aromatic rings. The summed E-state index contributed by atoms with van der Waals surface area (Å²) < 4.78 is 16.2. The maximum absolute atomic E-state index is 13.1. The van der Waals surface area contributed by atoms with Crippen molar-refractivity contribution in [3.63, 3.8) is 0 Å². The van der Waals surface area contributed by atoms with E-state index < -0.39 is 0 Å². The SMILES string of the molecule is O=C(c1cc(-c2ccc3c(c2)OCO3)on1)N1CCC[C@@H]1c1ccccc1Cl. The van der Waals surface area contributed by atoms with E-state index >= 15 is 0 Å². The highest BCUT2D eigenvalue weighted by Crippen LogP contribution is 2.38. The molecule has 7 heteroatoms. The first-order valence-corrected chi connectivity index (χ1v) is 9.50. The van der Waals surface area contributed by atoms with E-state index in [0.29, 0.717) is 28.8 Å². The molecule has 2 aliphatic heterocycles. The van der Waals surface area contributed by atoms with Gasteiger partial charge < -0.3 is 18.9 Å². The molecule has 1 fully saturated rings. The minimum Gasteiger partial charge on any atom is -0.454 e. The predicted molar refractivity (Wildman–Crippen MR) is 103 cm³/mol. The van der Waals surface area contributed by atoms with Crippen LogP contribution in [-0.2, 0) is 0 Å². The molecule has 0 bridgehead atoms. The van der Waals surface area contributed by atoms with Crippen LogP contribution in [0.25, 0.3) is 11.3 Å². The molecule has 2 aromatic carbocycles. The van der Waals surface area contributed by atoms with Crippen LogP contribution < -0.4 is 9.47 Å². The van der Waals surface area contributed by atoms with Gasteiger partial charge >= 0.3 is 0 Å². The number of halogens is 1. The second-order valence-electron chi connectivity index (χ2n) is 6.82. The van der Waals surface area contributed by atoms with E-state index in [4.69, 9.17) is 25.6 Å². The monoisotopic (exact) mass is 396 g/mol. The van der Waals surface area contributed by atoms with E-state index in [1.807, 2.05) is 47.4 Å². The highest BCUT2D eigenvalue weighted by atomic mass is 35.5. The van der Waals surface area contributed by atoms with Crippen molar-refractivity contribution in [3.8, 4) is 22.8 Å². The number of rotatable bonds is 3. The van der Waals surface area contributed by atoms with E-state index in [0.717, 1.165) is 24.0 Å². The predicted octanol–water partition coefficient (Wildman–Crippen LogP) is 4.70. The lowest BCUT2D eigenvalue weighted by molar-refractivity contribution is 0.0725. The number of hydrogen-bond donors (Lipinski definition) is 0. The van der Waals surface area contributed by atoms with Crippen molar-refractivity contribution < 1.29 is 18.8 Å². The molecular weight excluding hydrogens is 380 g/mol. The zero-order chi connectivity index (χ0) is 19.1. The number of benzene rings is 2. The molecule has 1 atom stereocenters. The van der Waals surface area contributed by atoms with Crippen LogP contribution in [0.4, 0.5) is 0 Å². The van der Waals surface area contributed by atoms with Gasteiger partial charge in [-0.05, 0) is 42.7 Å². The van der Waals surface area contributed by atoms with Crippen molar-refractivity contribution in [2.45, 2.75) is 18.9 Å². The van der Waals surface area contributed by atoms with Crippen molar-refractivity contribution in [3.05, 3.63) is 64.8 Å². The van der Waals surface area contributed by atoms with Crippen molar-refractivity contribution in [2.24, 2.45) is 0 Å². The fraction of sp³-hybridized carbons (Fsp3) is 0.238. The molecule has 0 unspecified atom stereocenters. The second-order valence-corrected chi connectivity index (χ2v) is 7.23. The van der Waals surface area contributed by atoms with Gasteiger partial charge in [0, 0.05) is 23.2 Å². The molecule has 0 saturated carbocycles. The van der Waals surface area contributed by atoms with Gasteiger partial charge in [-0.2, -0.15) is 0 Å². The maximum Gasteiger partial charge on any atom is 0.276 e. The quantitative estimate of drug-likeness (QED) is 0.642. The molecule has 2 aliphatic rings. The van der Waals surface area contributed by atoms with Crippen molar-refractivity contribution >= 4 is 17.5 Å². The lowest BCUT2D eigenvalue weighted by Gasteiger charge is -2.24. The Morgan fingerprint density at radius 2 is 1.96 bits per heavy atom. The van der Waals surface area contributed by atoms with E-state index in [1.54, 1.807) is 6.07 Å². The summed E-state index contributed by atoms with van der Waals surface area (Å²) in [6.07, 6.45) is 1.80. The molecule has 6 nitrogen and oxygen atoms in total. The summed E-state index contributed by atoms with van der Waals surface area (Å²) in [5, 5.41) is 4.68. The number of likely N-dealkylation sites (tertiary alicyclic amines) is 1. The highest BCUT2D eigenvalue weighted by Gasteiger charge is 2.33. The van der Waals surface area contributed by atoms with Crippen LogP contribution in [0.1, 0.15) is 34.9 Å². The van der Waals surface area contributed by atoms with Crippen LogP contribution in [0.3, 0.4) is 0 Å². The summed E-state index contributed by atoms with van der Waals surface area (Å²) in [5.41, 5.74) is 2.03. The Bertz CT molecular complexity index is 1050. The lowest BCUT2D eigenvalue weighted by atomic mass is 10.0. The van der Waals surface area contributed by atoms with Crippen molar-refractivity contribution in [1.82, 2.24) is 10.1 Å². The summed E-state index contributed by atoms with van der Waals surface area (Å²) in [6, 6.07) is 14.8. The van der Waals surface area contributed by atoms with Gasteiger partial charge in [-0.3, -0.25) is 4.79 Å². The van der Waals surface area contributed by atoms with Gasteiger partial charge in [-0.25, -0.2) is 0 Å². The third-order valence-electron chi connectivity index (χ3n) is 5.16. The van der Waals surface area contributed by atoms with Crippen LogP contribution in [0.15, 0.2) is 53.1 Å². The van der Waals surface area contributed by atoms with Crippen molar-refractivity contribution in [2.75, 3.05) is 13.3 Å². The fourth-order valence-corrected chi connectivity index (χ4v) is 4.05. The van der Waals surface area contributed by atoms with Crippen molar-refractivity contribution in [1.29, 1.82) is 0 Å². The lowest BCUT2D eigenvalue weighted by Crippen LogP contribution is -2.30. The summed E-state index contributed by atoms with van der Waals surface area (Å²) in [4.78, 5) is 14.9. The molecule has 0 radical (unpaired) electrons. The Morgan fingerprint density at radius 3 is 2.86 bits per heavy atom. The average Bonchev–Trinajstić information content (AvgIpc) is 3.47. The van der Waals surface area contributed by atoms with Gasteiger partial charge in [0.15, 0.2) is 23.0 Å². The number of amides is 1. The summed E-state index contributed by atoms with van der Waals surface area (Å²) >= 11 is 6.36. The van der Waals surface area contributed by atoms with Gasteiger partial charge in [0.2, 0.25) is 6.79 Å². The molecule has 0 spiro atoms. The Kier molecular flexibility index (Phi) is 4.20. The van der Waals surface area contributed by atoms with Gasteiger partial charge in [0.1, 0.15) is 0 Å². The Balaban J connectivity index is 1.41. The highest BCUT2D eigenvalue weighted by molar-refractivity contribution is 6.31. The summed E-state index contributed by atoms with van der Waals surface area (Å²) in [5.74, 6) is 1.70. The van der Waals surface area contributed by atoms with Gasteiger partial charge in [0.25, 0.3) is 5.91 Å². The number of aromatic nitrogens is 1. The van der Waals surface area contributed by atoms with Gasteiger partial charge in [-0.1, -0.05) is 35.0 Å². The first-order valence-electron chi connectivity index (χ1n) is 9.13. The third-order valence-corrected chi connectivity index (χ3v) is 5.51. The number of carbonyl (C=O) groups is 1. The zero-order valence-electron chi connectivity index (χ0n) is 14.9. The fourth-order valence-electron chi connectivity index (χ4n) is 3.79. The molecule has 3 heterocycles. The summed E-state index contributed by atoms with van der Waals surface area (Å²) in [7, 11) is 0. The number of carbonyl (C=O) groups excluding carboxylic acids is 1. The van der Waals surface area contributed by atoms with Crippen LogP contribution in [-0.4, -0.2) is 29.3 Å². The topological polar surface area (TPSA) is 64.8 Å². The molecule has 0 aliphatic carbocycles. The summed E-state index contributed by atoms with van der Waals surface area (Å²) in [6.45, 7) is 0.873. The molecule has 0 N–H and O–H groups in total. The molecule has 1 saturated heterocycles. The van der Waals surface area contributed by atoms with E-state index in [1.165, 1.54) is 0 Å². The van der Waals surface area contributed by atoms with E-state index in [2.05, 4.69) is 5.16 Å². The Labute approximate surface area is 166 Å². The smallest absolute Gasteiger partial charge is 0.276 e. The van der Waals surface area contributed by atoms with E-state index in [9.17, 15) is 4.79 Å². The number of ether oxygens (including phenoxy) is 2. The standard InChI is InChI=1S/C21H17ClN2O4/c22-15-5-2-1-4-14(15)17-6-3-9-24(17)21(25)16-11-19(28-23-16)13-7-8-18-20(10-13)27-12-26-18/h1-2,4-5,7-8,10-11,17H,3,6,9,12H2/t17-/m1/s1. The molecule has 5 rings (SSSR count). The average molecular weight is 397 g/mol. The number of hydrogen-bond acceptors (Lipinski definition) is 5. The molecule has 1 amide bonds. The molecule has 1 aromatic heterocycles. The second kappa shape index (κ2) is 6.87. The first-order chi connectivity index (χ1) is 13.7. The van der Waals surface area contributed by atoms with Crippen LogP contribution in [0.5, 0.6) is 11.5 Å². The van der Waals surface area contributed by atoms with Gasteiger partial charge in [-0.15, -0.1) is 0 Å². The zero-order valence-corrected chi connectivity index (χ0v) is 15.7. The first kappa shape index (κ1) is 17.1. The van der Waals surface area contributed by atoms with Gasteiger partial charge in [0.05, 0.1) is 6.04 Å². The largest absolute Gasteiger partial charge is 0.454 e. The molecule has 28 heavy (non-hydrogen) atoms. The molecular formula is C21H17ClN2O4. The van der Waals surface area contributed by atoms with Crippen LogP contribution >= 0.6 is 11.6 Å². The maximum atomic E-state index is 13.1. The Morgan fingerprint density at radius 1 is 1.11 bits per heavy atom. The molecule has 142 valence electrons. The number of fused-ring (bicyclic) bond motifs is 1. The van der Waals surface area contributed by atoms with E-state index in [-0.39, 0.29) is 24.4 Å². The van der Waals surface area contributed by atoms with Crippen LogP contribution in [0, 0.1) is 0 Å². The normalized spacial score (nSPS) is 17.9. The third kappa shape index (κ3) is 2.90.